The second kappa shape index (κ2) is 4.49. The standard InChI is InChI=1S/C8H10N2O3/c1-2-3-13-7(11)4-6-8(12)10-5-9-6/h5H,2-4H2,1H3. The van der Waals surface area contributed by atoms with Gasteiger partial charge in [-0.2, -0.15) is 4.99 Å². The maximum absolute atomic E-state index is 11.0. The van der Waals surface area contributed by atoms with E-state index in [-0.39, 0.29) is 12.1 Å². The molecular weight excluding hydrogens is 172 g/mol. The van der Waals surface area contributed by atoms with Gasteiger partial charge in [-0.3, -0.25) is 9.59 Å². The van der Waals surface area contributed by atoms with Crippen molar-refractivity contribution in [2.24, 2.45) is 9.98 Å². The van der Waals surface area contributed by atoms with Gasteiger partial charge >= 0.3 is 5.97 Å². The summed E-state index contributed by atoms with van der Waals surface area (Å²) in [6.07, 6.45) is 1.83. The molecule has 0 aromatic rings. The third-order valence-electron chi connectivity index (χ3n) is 1.41. The number of carbonyl (C=O) groups excluding carboxylic acids is 2. The molecule has 0 unspecified atom stereocenters. The van der Waals surface area contributed by atoms with Gasteiger partial charge in [0.2, 0.25) is 0 Å². The van der Waals surface area contributed by atoms with Crippen molar-refractivity contribution in [1.82, 2.24) is 0 Å². The Bertz CT molecular complexity index is 281. The summed E-state index contributed by atoms with van der Waals surface area (Å²) in [5.74, 6) is -0.882. The molecule has 0 fully saturated rings. The minimum Gasteiger partial charge on any atom is -0.465 e. The fraction of sp³-hybridized carbons (Fsp3) is 0.500. The molecule has 0 saturated heterocycles. The summed E-state index contributed by atoms with van der Waals surface area (Å²) in [4.78, 5) is 28.9. The zero-order valence-electron chi connectivity index (χ0n) is 7.32. The van der Waals surface area contributed by atoms with E-state index in [1.54, 1.807) is 0 Å². The van der Waals surface area contributed by atoms with Gasteiger partial charge in [0.05, 0.1) is 13.0 Å². The van der Waals surface area contributed by atoms with Gasteiger partial charge in [0.1, 0.15) is 12.1 Å². The van der Waals surface area contributed by atoms with Crippen LogP contribution in [0.2, 0.25) is 0 Å². The lowest BCUT2D eigenvalue weighted by Gasteiger charge is -2.00. The lowest BCUT2D eigenvalue weighted by molar-refractivity contribution is -0.142. The van der Waals surface area contributed by atoms with E-state index >= 15 is 0 Å². The maximum atomic E-state index is 11.0. The Morgan fingerprint density at radius 2 is 2.38 bits per heavy atom. The summed E-state index contributed by atoms with van der Waals surface area (Å²) in [7, 11) is 0. The highest BCUT2D eigenvalue weighted by Crippen LogP contribution is 1.98. The van der Waals surface area contributed by atoms with Gasteiger partial charge in [0.15, 0.2) is 0 Å². The highest BCUT2D eigenvalue weighted by molar-refractivity contribution is 6.46. The summed E-state index contributed by atoms with van der Waals surface area (Å²) >= 11 is 0. The molecule has 1 aliphatic rings. The molecule has 70 valence electrons. The van der Waals surface area contributed by atoms with Crippen molar-refractivity contribution in [1.29, 1.82) is 0 Å². The van der Waals surface area contributed by atoms with Crippen molar-refractivity contribution < 1.29 is 14.3 Å². The number of ether oxygens (including phenoxy) is 1. The van der Waals surface area contributed by atoms with Crippen molar-refractivity contribution in [3.05, 3.63) is 0 Å². The molecule has 0 aromatic heterocycles. The van der Waals surface area contributed by atoms with Crippen molar-refractivity contribution in [3.8, 4) is 0 Å². The Hall–Kier alpha value is -1.52. The third kappa shape index (κ3) is 2.77. The zero-order chi connectivity index (χ0) is 9.68. The first kappa shape index (κ1) is 9.57. The minimum absolute atomic E-state index is 0.0845. The molecular formula is C8H10N2O3. The van der Waals surface area contributed by atoms with Gasteiger partial charge in [-0.1, -0.05) is 6.92 Å². The van der Waals surface area contributed by atoms with E-state index in [1.807, 2.05) is 6.92 Å². The van der Waals surface area contributed by atoms with Crippen LogP contribution in [0, 0.1) is 0 Å². The first-order valence-corrected chi connectivity index (χ1v) is 4.03. The van der Waals surface area contributed by atoms with Gasteiger partial charge < -0.3 is 4.74 Å². The fourth-order valence-corrected chi connectivity index (χ4v) is 0.806. The highest BCUT2D eigenvalue weighted by atomic mass is 16.5. The lowest BCUT2D eigenvalue weighted by Crippen LogP contribution is -2.16. The highest BCUT2D eigenvalue weighted by Gasteiger charge is 2.18. The summed E-state index contributed by atoms with van der Waals surface area (Å²) in [6, 6.07) is 0. The molecule has 0 spiro atoms. The van der Waals surface area contributed by atoms with Crippen LogP contribution < -0.4 is 0 Å². The molecule has 13 heavy (non-hydrogen) atoms. The smallest absolute Gasteiger partial charge is 0.312 e. The van der Waals surface area contributed by atoms with Crippen molar-refractivity contribution >= 4 is 23.9 Å². The molecule has 5 nitrogen and oxygen atoms in total. The monoisotopic (exact) mass is 182 g/mol. The number of amides is 1. The number of hydrogen-bond acceptors (Lipinski definition) is 4. The first-order valence-electron chi connectivity index (χ1n) is 4.03. The Balaban J connectivity index is 2.33. The van der Waals surface area contributed by atoms with Crippen LogP contribution in [0.15, 0.2) is 9.98 Å². The van der Waals surface area contributed by atoms with Crippen molar-refractivity contribution in [2.75, 3.05) is 6.61 Å². The molecule has 0 radical (unpaired) electrons. The van der Waals surface area contributed by atoms with E-state index in [1.165, 1.54) is 0 Å². The summed E-state index contributed by atoms with van der Waals surface area (Å²) in [6.45, 7) is 2.27. The fourth-order valence-electron chi connectivity index (χ4n) is 0.806. The van der Waals surface area contributed by atoms with Crippen LogP contribution in [0.4, 0.5) is 0 Å². The van der Waals surface area contributed by atoms with E-state index in [2.05, 4.69) is 9.98 Å². The Morgan fingerprint density at radius 3 is 2.92 bits per heavy atom. The number of nitrogens with zero attached hydrogens (tertiary/aromatic N) is 2. The van der Waals surface area contributed by atoms with Crippen LogP contribution in [-0.2, 0) is 14.3 Å². The predicted molar refractivity (Wildman–Crippen MR) is 46.8 cm³/mol. The molecule has 0 atom stereocenters. The van der Waals surface area contributed by atoms with Crippen molar-refractivity contribution in [2.45, 2.75) is 19.8 Å². The molecule has 5 heteroatoms. The summed E-state index contributed by atoms with van der Waals surface area (Å²) in [5, 5.41) is 0. The zero-order valence-corrected chi connectivity index (χ0v) is 7.32. The van der Waals surface area contributed by atoms with Crippen LogP contribution in [0.5, 0.6) is 0 Å². The van der Waals surface area contributed by atoms with E-state index in [0.29, 0.717) is 6.61 Å². The first-order chi connectivity index (χ1) is 6.24. The van der Waals surface area contributed by atoms with E-state index in [9.17, 15) is 9.59 Å². The van der Waals surface area contributed by atoms with Gasteiger partial charge in [-0.15, -0.1) is 0 Å². The molecule has 0 saturated carbocycles. The maximum Gasteiger partial charge on any atom is 0.312 e. The third-order valence-corrected chi connectivity index (χ3v) is 1.41. The second-order valence-electron chi connectivity index (χ2n) is 2.52. The van der Waals surface area contributed by atoms with Gasteiger partial charge in [-0.25, -0.2) is 4.99 Å². The molecule has 1 aliphatic heterocycles. The van der Waals surface area contributed by atoms with Crippen LogP contribution >= 0.6 is 0 Å². The summed E-state index contributed by atoms with van der Waals surface area (Å²) < 4.78 is 4.77. The Labute approximate surface area is 75.5 Å². The average Bonchev–Trinajstić information content (AvgIpc) is 2.48. The van der Waals surface area contributed by atoms with Crippen LogP contribution in [-0.4, -0.2) is 30.5 Å². The van der Waals surface area contributed by atoms with E-state index < -0.39 is 11.9 Å². The SMILES string of the molecule is CCCOC(=O)CC1=NC=NC1=O. The number of esters is 1. The van der Waals surface area contributed by atoms with Crippen LogP contribution in [0.1, 0.15) is 19.8 Å². The number of rotatable bonds is 4. The van der Waals surface area contributed by atoms with Crippen molar-refractivity contribution in [3.63, 3.8) is 0 Å². The van der Waals surface area contributed by atoms with Gasteiger partial charge in [0, 0.05) is 0 Å². The molecule has 0 bridgehead atoms. The number of aliphatic imine (C=N–C) groups is 2. The number of carbonyl (C=O) groups is 2. The molecule has 0 aliphatic carbocycles. The largest absolute Gasteiger partial charge is 0.465 e. The van der Waals surface area contributed by atoms with E-state index in [4.69, 9.17) is 4.74 Å². The van der Waals surface area contributed by atoms with Crippen LogP contribution in [0.3, 0.4) is 0 Å². The summed E-state index contributed by atoms with van der Waals surface area (Å²) in [5.41, 5.74) is 0.154. The molecule has 1 heterocycles. The normalized spacial score (nSPS) is 14.5. The van der Waals surface area contributed by atoms with Gasteiger partial charge in [-0.05, 0) is 6.42 Å². The quantitative estimate of drug-likeness (QED) is 0.588. The Kier molecular flexibility index (Phi) is 3.31. The second-order valence-corrected chi connectivity index (χ2v) is 2.52. The molecule has 1 rings (SSSR count). The molecule has 1 amide bonds. The topological polar surface area (TPSA) is 68.1 Å². The predicted octanol–water partition coefficient (Wildman–Crippen LogP) is 0.339. The molecule has 0 aromatic carbocycles. The van der Waals surface area contributed by atoms with Crippen LogP contribution in [0.25, 0.3) is 0 Å². The van der Waals surface area contributed by atoms with Gasteiger partial charge in [0.25, 0.3) is 5.91 Å². The Morgan fingerprint density at radius 1 is 1.62 bits per heavy atom. The molecule has 0 N–H and O–H groups in total. The van der Waals surface area contributed by atoms with E-state index in [0.717, 1.165) is 12.8 Å². The lowest BCUT2D eigenvalue weighted by atomic mass is 10.2. The minimum atomic E-state index is -0.451. The average molecular weight is 182 g/mol. The number of hydrogen-bond donors (Lipinski definition) is 0.